The molecule has 0 bridgehead atoms. The van der Waals surface area contributed by atoms with Crippen LogP contribution in [-0.2, 0) is 6.54 Å². The second kappa shape index (κ2) is 7.20. The molecule has 2 aromatic rings. The summed E-state index contributed by atoms with van der Waals surface area (Å²) in [4.78, 5) is 6.46. The van der Waals surface area contributed by atoms with Gasteiger partial charge in [0.05, 0.1) is 19.2 Å². The summed E-state index contributed by atoms with van der Waals surface area (Å²) >= 11 is 6.22. The molecule has 0 N–H and O–H groups in total. The lowest BCUT2D eigenvalue weighted by Crippen LogP contribution is -2.20. The molecule has 5 heteroatoms. The number of methoxy groups -OCH3 is 2. The van der Waals surface area contributed by atoms with E-state index in [4.69, 9.17) is 21.1 Å². The van der Waals surface area contributed by atoms with Crippen LogP contribution in [-0.4, -0.2) is 37.2 Å². The zero-order valence-corrected chi connectivity index (χ0v) is 14.2. The van der Waals surface area contributed by atoms with Gasteiger partial charge >= 0.3 is 0 Å². The summed E-state index contributed by atoms with van der Waals surface area (Å²) < 4.78 is 11.0. The Morgan fingerprint density at radius 1 is 1.26 bits per heavy atom. The maximum atomic E-state index is 6.22. The van der Waals surface area contributed by atoms with Crippen molar-refractivity contribution in [1.82, 2.24) is 9.88 Å². The minimum absolute atomic E-state index is 0.445. The van der Waals surface area contributed by atoms with Crippen molar-refractivity contribution in [2.45, 2.75) is 18.9 Å². The van der Waals surface area contributed by atoms with Gasteiger partial charge in [0.15, 0.2) is 11.5 Å². The lowest BCUT2D eigenvalue weighted by Gasteiger charge is -2.19. The van der Waals surface area contributed by atoms with Crippen LogP contribution in [0, 0.1) is 0 Å². The second-order valence-electron chi connectivity index (χ2n) is 5.77. The van der Waals surface area contributed by atoms with Gasteiger partial charge in [0.1, 0.15) is 0 Å². The molecule has 23 heavy (non-hydrogen) atoms. The Balaban J connectivity index is 1.74. The van der Waals surface area contributed by atoms with Crippen LogP contribution in [0.3, 0.4) is 0 Å². The highest BCUT2D eigenvalue weighted by Gasteiger charge is 2.27. The molecule has 1 atom stereocenters. The number of para-hydroxylation sites is 1. The number of benzene rings is 1. The normalized spacial score (nSPS) is 18.1. The van der Waals surface area contributed by atoms with Gasteiger partial charge in [-0.1, -0.05) is 23.7 Å². The third-order valence-corrected chi connectivity index (χ3v) is 4.74. The van der Waals surface area contributed by atoms with Gasteiger partial charge in [-0.3, -0.25) is 9.88 Å². The van der Waals surface area contributed by atoms with Crippen molar-refractivity contribution in [3.8, 4) is 11.5 Å². The van der Waals surface area contributed by atoms with E-state index in [2.05, 4.69) is 16.0 Å². The Bertz CT molecular complexity index is 678. The van der Waals surface area contributed by atoms with E-state index in [0.717, 1.165) is 48.1 Å². The van der Waals surface area contributed by atoms with E-state index in [-0.39, 0.29) is 0 Å². The summed E-state index contributed by atoms with van der Waals surface area (Å²) in [6, 6.07) is 8.08. The van der Waals surface area contributed by atoms with Crippen molar-refractivity contribution in [3.63, 3.8) is 0 Å². The fraction of sp³-hybridized carbons (Fsp3) is 0.389. The van der Waals surface area contributed by atoms with Gasteiger partial charge in [-0.2, -0.15) is 0 Å². The van der Waals surface area contributed by atoms with Crippen molar-refractivity contribution >= 4 is 11.6 Å². The molecule has 1 saturated heterocycles. The first-order valence-corrected chi connectivity index (χ1v) is 8.12. The smallest absolute Gasteiger partial charge is 0.164 e. The van der Waals surface area contributed by atoms with Gasteiger partial charge in [-0.15, -0.1) is 0 Å². The lowest BCUT2D eigenvalue weighted by atomic mass is 9.97. The lowest BCUT2D eigenvalue weighted by molar-refractivity contribution is 0.323. The summed E-state index contributed by atoms with van der Waals surface area (Å²) in [5.41, 5.74) is 2.34. The van der Waals surface area contributed by atoms with E-state index < -0.39 is 0 Å². The molecular formula is C18H21ClN2O2. The van der Waals surface area contributed by atoms with Gasteiger partial charge in [-0.25, -0.2) is 0 Å². The van der Waals surface area contributed by atoms with Crippen molar-refractivity contribution < 1.29 is 9.47 Å². The SMILES string of the molecule is COc1cccc(C2CCN(Cc3ccncc3Cl)C2)c1OC. The molecule has 1 unspecified atom stereocenters. The highest BCUT2D eigenvalue weighted by Crippen LogP contribution is 2.39. The minimum atomic E-state index is 0.445. The number of hydrogen-bond donors (Lipinski definition) is 0. The number of rotatable bonds is 5. The van der Waals surface area contributed by atoms with E-state index in [9.17, 15) is 0 Å². The molecule has 1 fully saturated rings. The standard InChI is InChI=1S/C18H21ClN2O2/c1-22-17-5-3-4-15(18(17)23-2)13-7-9-21(11-13)12-14-6-8-20-10-16(14)19/h3-6,8,10,13H,7,9,11-12H2,1-2H3. The topological polar surface area (TPSA) is 34.6 Å². The Kier molecular flexibility index (Phi) is 5.03. The predicted molar refractivity (Wildman–Crippen MR) is 91.4 cm³/mol. The van der Waals surface area contributed by atoms with Crippen LogP contribution in [0.5, 0.6) is 11.5 Å². The predicted octanol–water partition coefficient (Wildman–Crippen LogP) is 3.74. The molecule has 1 aliphatic heterocycles. The molecule has 0 aliphatic carbocycles. The van der Waals surface area contributed by atoms with Gasteiger partial charge in [-0.05, 0) is 30.7 Å². The molecule has 1 aromatic heterocycles. The Hall–Kier alpha value is -1.78. The quantitative estimate of drug-likeness (QED) is 0.835. The first-order chi connectivity index (χ1) is 11.2. The summed E-state index contributed by atoms with van der Waals surface area (Å²) in [6.07, 6.45) is 4.60. The summed E-state index contributed by atoms with van der Waals surface area (Å²) in [6.45, 7) is 2.88. The van der Waals surface area contributed by atoms with E-state index >= 15 is 0 Å². The molecule has 0 amide bonds. The largest absolute Gasteiger partial charge is 0.493 e. The maximum Gasteiger partial charge on any atom is 0.164 e. The Morgan fingerprint density at radius 2 is 2.13 bits per heavy atom. The zero-order chi connectivity index (χ0) is 16.2. The second-order valence-corrected chi connectivity index (χ2v) is 6.18. The van der Waals surface area contributed by atoms with Gasteiger partial charge in [0.2, 0.25) is 0 Å². The molecule has 4 nitrogen and oxygen atoms in total. The van der Waals surface area contributed by atoms with Crippen molar-refractivity contribution in [1.29, 1.82) is 0 Å². The average Bonchev–Trinajstić information content (AvgIpc) is 3.04. The third-order valence-electron chi connectivity index (χ3n) is 4.40. The third kappa shape index (κ3) is 3.43. The molecule has 122 valence electrons. The highest BCUT2D eigenvalue weighted by atomic mass is 35.5. The van der Waals surface area contributed by atoms with E-state index in [0.29, 0.717) is 5.92 Å². The Morgan fingerprint density at radius 3 is 2.87 bits per heavy atom. The van der Waals surface area contributed by atoms with Gasteiger partial charge < -0.3 is 9.47 Å². The van der Waals surface area contributed by atoms with Crippen LogP contribution in [0.2, 0.25) is 5.02 Å². The number of nitrogens with zero attached hydrogens (tertiary/aromatic N) is 2. The molecular weight excluding hydrogens is 312 g/mol. The molecule has 3 rings (SSSR count). The monoisotopic (exact) mass is 332 g/mol. The number of ether oxygens (including phenoxy) is 2. The Labute approximate surface area is 142 Å². The zero-order valence-electron chi connectivity index (χ0n) is 13.5. The first-order valence-electron chi connectivity index (χ1n) is 7.74. The molecule has 0 radical (unpaired) electrons. The van der Waals surface area contributed by atoms with Crippen LogP contribution in [0.15, 0.2) is 36.7 Å². The fourth-order valence-electron chi connectivity index (χ4n) is 3.24. The average molecular weight is 333 g/mol. The van der Waals surface area contributed by atoms with Gasteiger partial charge in [0.25, 0.3) is 0 Å². The van der Waals surface area contributed by atoms with Crippen molar-refractivity contribution in [2.75, 3.05) is 27.3 Å². The first kappa shape index (κ1) is 16.1. The van der Waals surface area contributed by atoms with E-state index in [1.807, 2.05) is 18.2 Å². The number of hydrogen-bond acceptors (Lipinski definition) is 4. The van der Waals surface area contributed by atoms with Gasteiger partial charge in [0, 0.05) is 37.0 Å². The number of halogens is 1. The summed E-state index contributed by atoms with van der Waals surface area (Å²) in [5, 5.41) is 0.731. The van der Waals surface area contributed by atoms with Crippen LogP contribution in [0.25, 0.3) is 0 Å². The van der Waals surface area contributed by atoms with Crippen molar-refractivity contribution in [3.05, 3.63) is 52.8 Å². The van der Waals surface area contributed by atoms with E-state index in [1.54, 1.807) is 26.6 Å². The number of likely N-dealkylation sites (tertiary alicyclic amines) is 1. The van der Waals surface area contributed by atoms with Crippen LogP contribution in [0.1, 0.15) is 23.5 Å². The molecule has 1 aromatic carbocycles. The minimum Gasteiger partial charge on any atom is -0.493 e. The summed E-state index contributed by atoms with van der Waals surface area (Å²) in [7, 11) is 3.37. The number of aromatic nitrogens is 1. The maximum absolute atomic E-state index is 6.22. The van der Waals surface area contributed by atoms with Crippen LogP contribution >= 0.6 is 11.6 Å². The molecule has 2 heterocycles. The number of pyridine rings is 1. The van der Waals surface area contributed by atoms with Crippen molar-refractivity contribution in [2.24, 2.45) is 0 Å². The van der Waals surface area contributed by atoms with E-state index in [1.165, 1.54) is 5.56 Å². The molecule has 0 saturated carbocycles. The highest BCUT2D eigenvalue weighted by molar-refractivity contribution is 6.31. The summed E-state index contributed by atoms with van der Waals surface area (Å²) in [5.74, 6) is 2.09. The van der Waals surface area contributed by atoms with Crippen LogP contribution in [0.4, 0.5) is 0 Å². The van der Waals surface area contributed by atoms with Crippen LogP contribution < -0.4 is 9.47 Å². The fourth-order valence-corrected chi connectivity index (χ4v) is 3.42. The molecule has 1 aliphatic rings. The molecule has 0 spiro atoms.